The van der Waals surface area contributed by atoms with Crippen LogP contribution in [0.5, 0.6) is 5.75 Å². The Balaban J connectivity index is 1.76. The summed E-state index contributed by atoms with van der Waals surface area (Å²) in [7, 11) is 1.65. The maximum atomic E-state index is 5.19. The van der Waals surface area contributed by atoms with Crippen LogP contribution in [0.3, 0.4) is 0 Å². The van der Waals surface area contributed by atoms with E-state index >= 15 is 0 Å². The molecule has 1 N–H and O–H groups in total. The van der Waals surface area contributed by atoms with Gasteiger partial charge in [0.1, 0.15) is 11.6 Å². The molecule has 4 rings (SSSR count). The van der Waals surface area contributed by atoms with Gasteiger partial charge in [-0.1, -0.05) is 0 Å². The number of nitrogens with one attached hydrogen (secondary N) is 1. The van der Waals surface area contributed by atoms with Crippen LogP contribution in [0.2, 0.25) is 0 Å². The molecule has 0 saturated heterocycles. The van der Waals surface area contributed by atoms with E-state index in [1.165, 1.54) is 0 Å². The van der Waals surface area contributed by atoms with E-state index in [-0.39, 0.29) is 0 Å². The van der Waals surface area contributed by atoms with Crippen molar-refractivity contribution in [2.24, 2.45) is 0 Å². The highest BCUT2D eigenvalue weighted by Crippen LogP contribution is 2.22. The number of rotatable bonds is 4. The van der Waals surface area contributed by atoms with E-state index < -0.39 is 0 Å². The zero-order chi connectivity index (χ0) is 17.2. The van der Waals surface area contributed by atoms with Crippen molar-refractivity contribution in [3.8, 4) is 17.1 Å². The van der Waals surface area contributed by atoms with E-state index in [9.17, 15) is 0 Å². The molecule has 0 spiro atoms. The maximum Gasteiger partial charge on any atom is 0.254 e. The molecule has 0 fully saturated rings. The van der Waals surface area contributed by atoms with Gasteiger partial charge in [-0.25, -0.2) is 4.98 Å². The second kappa shape index (κ2) is 6.20. The summed E-state index contributed by atoms with van der Waals surface area (Å²) < 4.78 is 6.88. The summed E-state index contributed by atoms with van der Waals surface area (Å²) in [4.78, 5) is 13.1. The molecule has 0 aliphatic rings. The van der Waals surface area contributed by atoms with Crippen molar-refractivity contribution in [2.75, 3.05) is 12.4 Å². The largest absolute Gasteiger partial charge is 0.497 e. The first kappa shape index (κ1) is 15.1. The standard InChI is InChI=1S/C18H16N6O/c1-12-10-16(21-14-5-7-15(25-2)8-6-14)24-18(20-12)22-17(23-24)13-4-3-9-19-11-13/h3-11,21H,1-2H3. The van der Waals surface area contributed by atoms with Crippen molar-refractivity contribution >= 4 is 17.3 Å². The van der Waals surface area contributed by atoms with Crippen LogP contribution in [-0.4, -0.2) is 31.7 Å². The predicted octanol–water partition coefficient (Wildman–Crippen LogP) is 3.25. The lowest BCUT2D eigenvalue weighted by molar-refractivity contribution is 0.415. The van der Waals surface area contributed by atoms with Crippen molar-refractivity contribution in [1.29, 1.82) is 0 Å². The zero-order valence-electron chi connectivity index (χ0n) is 13.8. The van der Waals surface area contributed by atoms with E-state index in [2.05, 4.69) is 25.4 Å². The van der Waals surface area contributed by atoms with Gasteiger partial charge in [-0.2, -0.15) is 9.50 Å². The van der Waals surface area contributed by atoms with Crippen LogP contribution in [-0.2, 0) is 0 Å². The number of benzene rings is 1. The minimum absolute atomic E-state index is 0.537. The fourth-order valence-corrected chi connectivity index (χ4v) is 2.52. The van der Waals surface area contributed by atoms with Gasteiger partial charge in [0, 0.05) is 35.4 Å². The maximum absolute atomic E-state index is 5.19. The number of aryl methyl sites for hydroxylation is 1. The van der Waals surface area contributed by atoms with Crippen molar-refractivity contribution in [3.63, 3.8) is 0 Å². The molecule has 7 nitrogen and oxygen atoms in total. The molecule has 0 unspecified atom stereocenters. The topological polar surface area (TPSA) is 77.2 Å². The second-order valence-corrected chi connectivity index (χ2v) is 5.53. The number of methoxy groups -OCH3 is 1. The first-order valence-corrected chi connectivity index (χ1v) is 7.79. The van der Waals surface area contributed by atoms with Crippen LogP contribution in [0.25, 0.3) is 17.2 Å². The quantitative estimate of drug-likeness (QED) is 0.618. The predicted molar refractivity (Wildman–Crippen MR) is 95.0 cm³/mol. The molecule has 0 saturated carbocycles. The molecule has 25 heavy (non-hydrogen) atoms. The molecule has 0 atom stereocenters. The van der Waals surface area contributed by atoms with Gasteiger partial charge < -0.3 is 10.1 Å². The average molecular weight is 332 g/mol. The van der Waals surface area contributed by atoms with Crippen LogP contribution < -0.4 is 10.1 Å². The Kier molecular flexibility index (Phi) is 3.74. The van der Waals surface area contributed by atoms with Gasteiger partial charge in [0.15, 0.2) is 5.82 Å². The molecular weight excluding hydrogens is 316 g/mol. The summed E-state index contributed by atoms with van der Waals surface area (Å²) in [6.07, 6.45) is 3.45. The fourth-order valence-electron chi connectivity index (χ4n) is 2.52. The lowest BCUT2D eigenvalue weighted by Gasteiger charge is -2.09. The highest BCUT2D eigenvalue weighted by molar-refractivity contribution is 5.62. The third-order valence-electron chi connectivity index (χ3n) is 3.72. The number of anilines is 2. The summed E-state index contributed by atoms with van der Waals surface area (Å²) in [5.74, 6) is 2.72. The van der Waals surface area contributed by atoms with E-state index in [0.717, 1.165) is 28.5 Å². The van der Waals surface area contributed by atoms with Crippen LogP contribution in [0, 0.1) is 6.92 Å². The highest BCUT2D eigenvalue weighted by Gasteiger charge is 2.12. The summed E-state index contributed by atoms with van der Waals surface area (Å²) in [5.41, 5.74) is 2.63. The van der Waals surface area contributed by atoms with Gasteiger partial charge in [-0.15, -0.1) is 5.10 Å². The van der Waals surface area contributed by atoms with E-state index in [0.29, 0.717) is 11.6 Å². The minimum Gasteiger partial charge on any atom is -0.497 e. The third-order valence-corrected chi connectivity index (χ3v) is 3.72. The summed E-state index contributed by atoms with van der Waals surface area (Å²) in [6, 6.07) is 13.4. The number of aromatic nitrogens is 5. The lowest BCUT2D eigenvalue weighted by Crippen LogP contribution is -2.02. The summed E-state index contributed by atoms with van der Waals surface area (Å²) >= 11 is 0. The molecular formula is C18H16N6O. The molecule has 124 valence electrons. The van der Waals surface area contributed by atoms with Crippen LogP contribution in [0.15, 0.2) is 54.9 Å². The van der Waals surface area contributed by atoms with Crippen LogP contribution in [0.1, 0.15) is 5.69 Å². The van der Waals surface area contributed by atoms with Gasteiger partial charge in [0.05, 0.1) is 7.11 Å². The number of hydrogen-bond donors (Lipinski definition) is 1. The van der Waals surface area contributed by atoms with Crippen LogP contribution in [0.4, 0.5) is 11.5 Å². The molecule has 3 aromatic heterocycles. The molecule has 3 heterocycles. The summed E-state index contributed by atoms with van der Waals surface area (Å²) in [6.45, 7) is 1.93. The monoisotopic (exact) mass is 332 g/mol. The van der Waals surface area contributed by atoms with Crippen molar-refractivity contribution in [3.05, 3.63) is 60.6 Å². The molecule has 1 aromatic carbocycles. The molecule has 7 heteroatoms. The summed E-state index contributed by atoms with van der Waals surface area (Å²) in [5, 5.41) is 7.92. The SMILES string of the molecule is COc1ccc(Nc2cc(C)nc3nc(-c4cccnc4)nn23)cc1. The van der Waals surface area contributed by atoms with Gasteiger partial charge in [-0.3, -0.25) is 4.98 Å². The molecule has 4 aromatic rings. The molecule has 0 aliphatic carbocycles. The van der Waals surface area contributed by atoms with Crippen LogP contribution >= 0.6 is 0 Å². The number of nitrogens with zero attached hydrogens (tertiary/aromatic N) is 5. The number of fused-ring (bicyclic) bond motifs is 1. The Morgan fingerprint density at radius 2 is 1.92 bits per heavy atom. The van der Waals surface area contributed by atoms with E-state index in [1.807, 2.05) is 49.4 Å². The van der Waals surface area contributed by atoms with Gasteiger partial charge in [0.2, 0.25) is 0 Å². The van der Waals surface area contributed by atoms with Crippen molar-refractivity contribution in [2.45, 2.75) is 6.92 Å². The average Bonchev–Trinajstić information content (AvgIpc) is 3.07. The smallest absolute Gasteiger partial charge is 0.254 e. The molecule has 0 radical (unpaired) electrons. The lowest BCUT2D eigenvalue weighted by atomic mass is 10.3. The Labute approximate surface area is 144 Å². The van der Waals surface area contributed by atoms with Crippen molar-refractivity contribution < 1.29 is 4.74 Å². The molecule has 0 bridgehead atoms. The Morgan fingerprint density at radius 1 is 1.08 bits per heavy atom. The van der Waals surface area contributed by atoms with Crippen molar-refractivity contribution in [1.82, 2.24) is 24.6 Å². The molecule has 0 amide bonds. The Bertz CT molecular complexity index is 1010. The minimum atomic E-state index is 0.537. The van der Waals surface area contributed by atoms with Gasteiger partial charge >= 0.3 is 0 Å². The second-order valence-electron chi connectivity index (χ2n) is 5.53. The van der Waals surface area contributed by atoms with Gasteiger partial charge in [-0.05, 0) is 43.3 Å². The first-order valence-electron chi connectivity index (χ1n) is 7.79. The Morgan fingerprint density at radius 3 is 2.64 bits per heavy atom. The number of hydrogen-bond acceptors (Lipinski definition) is 6. The number of pyridine rings is 1. The van der Waals surface area contributed by atoms with Gasteiger partial charge in [0.25, 0.3) is 5.78 Å². The van der Waals surface area contributed by atoms with E-state index in [1.54, 1.807) is 24.0 Å². The molecule has 0 aliphatic heterocycles. The Hall–Kier alpha value is -3.48. The normalized spacial score (nSPS) is 10.8. The number of ether oxygens (including phenoxy) is 1. The first-order chi connectivity index (χ1) is 12.2. The third kappa shape index (κ3) is 2.99. The highest BCUT2D eigenvalue weighted by atomic mass is 16.5. The van der Waals surface area contributed by atoms with E-state index in [4.69, 9.17) is 4.74 Å². The fraction of sp³-hybridized carbons (Fsp3) is 0.111. The zero-order valence-corrected chi connectivity index (χ0v) is 13.8.